The molecule has 2 unspecified atom stereocenters. The van der Waals surface area contributed by atoms with Crippen LogP contribution in [0.4, 0.5) is 0 Å². The lowest BCUT2D eigenvalue weighted by atomic mass is 9.73. The van der Waals surface area contributed by atoms with E-state index in [1.807, 2.05) is 49.4 Å². The number of hydrogen-bond acceptors (Lipinski definition) is 2. The van der Waals surface area contributed by atoms with Crippen molar-refractivity contribution in [3.63, 3.8) is 0 Å². The van der Waals surface area contributed by atoms with Gasteiger partial charge in [0.15, 0.2) is 0 Å². The van der Waals surface area contributed by atoms with Crippen molar-refractivity contribution >= 4 is 23.1 Å². The minimum Gasteiger partial charge on any atom is -0.481 e. The lowest BCUT2D eigenvalue weighted by molar-refractivity contribution is -0.149. The van der Waals surface area contributed by atoms with E-state index in [2.05, 4.69) is 0 Å². The molecule has 0 saturated heterocycles. The monoisotopic (exact) mass is 334 g/mol. The van der Waals surface area contributed by atoms with Crippen molar-refractivity contribution in [1.82, 2.24) is 0 Å². The molecule has 4 nitrogen and oxygen atoms in total. The normalized spacial score (nSPS) is 19.7. The van der Waals surface area contributed by atoms with E-state index in [1.54, 1.807) is 24.3 Å². The second-order valence-electron chi connectivity index (χ2n) is 6.11. The zero-order valence-electron chi connectivity index (χ0n) is 13.7. The molecule has 3 rings (SSSR count). The van der Waals surface area contributed by atoms with Crippen LogP contribution < -0.4 is 0 Å². The van der Waals surface area contributed by atoms with Crippen LogP contribution in [0.15, 0.2) is 66.7 Å². The van der Waals surface area contributed by atoms with Crippen molar-refractivity contribution in [2.45, 2.75) is 6.92 Å². The molecule has 4 heteroatoms. The summed E-state index contributed by atoms with van der Waals surface area (Å²) in [6.07, 6.45) is 3.45. The van der Waals surface area contributed by atoms with Crippen LogP contribution in [0.1, 0.15) is 16.7 Å². The Morgan fingerprint density at radius 2 is 1.16 bits per heavy atom. The molecule has 2 atom stereocenters. The van der Waals surface area contributed by atoms with E-state index in [9.17, 15) is 19.8 Å². The van der Waals surface area contributed by atoms with Gasteiger partial charge >= 0.3 is 11.9 Å². The zero-order chi connectivity index (χ0) is 18.0. The third-order valence-corrected chi connectivity index (χ3v) is 4.47. The fraction of sp³-hybridized carbons (Fsp3) is 0.143. The van der Waals surface area contributed by atoms with Gasteiger partial charge in [0.05, 0.1) is 11.8 Å². The predicted molar refractivity (Wildman–Crippen MR) is 95.8 cm³/mol. The van der Waals surface area contributed by atoms with Gasteiger partial charge in [-0.2, -0.15) is 0 Å². The Morgan fingerprint density at radius 1 is 0.720 bits per heavy atom. The maximum atomic E-state index is 12.0. The van der Waals surface area contributed by atoms with Gasteiger partial charge in [-0.1, -0.05) is 72.3 Å². The smallest absolute Gasteiger partial charge is 0.312 e. The van der Waals surface area contributed by atoms with Gasteiger partial charge in [0.25, 0.3) is 0 Å². The number of aliphatic carboxylic acids is 2. The topological polar surface area (TPSA) is 74.6 Å². The van der Waals surface area contributed by atoms with Gasteiger partial charge in [-0.15, -0.1) is 0 Å². The molecule has 0 spiro atoms. The molecule has 2 aromatic rings. The molecule has 2 aromatic carbocycles. The highest BCUT2D eigenvalue weighted by molar-refractivity contribution is 6.01. The Labute approximate surface area is 145 Å². The number of allylic oxidation sites excluding steroid dienone is 2. The van der Waals surface area contributed by atoms with Crippen LogP contribution in [0, 0.1) is 18.8 Å². The number of carboxylic acid groups (broad SMARTS) is 2. The van der Waals surface area contributed by atoms with Gasteiger partial charge in [-0.25, -0.2) is 0 Å². The number of carbonyl (C=O) groups is 2. The average molecular weight is 334 g/mol. The van der Waals surface area contributed by atoms with Crippen molar-refractivity contribution < 1.29 is 19.8 Å². The molecule has 1 aliphatic rings. The summed E-state index contributed by atoms with van der Waals surface area (Å²) in [5.41, 5.74) is 3.53. The summed E-state index contributed by atoms with van der Waals surface area (Å²) in [6, 6.07) is 16.5. The Bertz CT molecular complexity index is 861. The second-order valence-corrected chi connectivity index (χ2v) is 6.11. The third-order valence-electron chi connectivity index (χ3n) is 4.47. The highest BCUT2D eigenvalue weighted by Crippen LogP contribution is 2.41. The molecule has 0 fully saturated rings. The Kier molecular flexibility index (Phi) is 4.52. The first-order valence-corrected chi connectivity index (χ1v) is 7.99. The van der Waals surface area contributed by atoms with Crippen molar-refractivity contribution in [1.29, 1.82) is 0 Å². The molecule has 0 bridgehead atoms. The molecule has 126 valence electrons. The summed E-state index contributed by atoms with van der Waals surface area (Å²) in [6.45, 7) is 1.95. The Balaban J connectivity index is 2.16. The highest BCUT2D eigenvalue weighted by Gasteiger charge is 2.41. The third kappa shape index (κ3) is 3.24. The largest absolute Gasteiger partial charge is 0.481 e. The fourth-order valence-corrected chi connectivity index (χ4v) is 3.23. The van der Waals surface area contributed by atoms with Crippen molar-refractivity contribution in [3.8, 4) is 0 Å². The summed E-state index contributed by atoms with van der Waals surface area (Å²) in [4.78, 5) is 23.9. The molecule has 1 aliphatic carbocycles. The summed E-state index contributed by atoms with van der Waals surface area (Å²) in [5, 5.41) is 19.5. The van der Waals surface area contributed by atoms with Crippen LogP contribution >= 0.6 is 0 Å². The van der Waals surface area contributed by atoms with Gasteiger partial charge in [0, 0.05) is 0 Å². The number of benzene rings is 2. The van der Waals surface area contributed by atoms with E-state index in [4.69, 9.17) is 0 Å². The van der Waals surface area contributed by atoms with Gasteiger partial charge in [0.2, 0.25) is 0 Å². The second kappa shape index (κ2) is 6.77. The highest BCUT2D eigenvalue weighted by atomic mass is 16.4. The average Bonchev–Trinajstić information content (AvgIpc) is 2.61. The molecule has 0 aromatic heterocycles. The van der Waals surface area contributed by atoms with Crippen LogP contribution in [-0.4, -0.2) is 22.2 Å². The predicted octanol–water partition coefficient (Wildman–Crippen LogP) is 3.88. The molecule has 2 N–H and O–H groups in total. The lowest BCUT2D eigenvalue weighted by Gasteiger charge is -2.29. The maximum Gasteiger partial charge on any atom is 0.312 e. The van der Waals surface area contributed by atoms with E-state index < -0.39 is 23.8 Å². The number of carboxylic acids is 2. The molecular formula is C21H18O4. The van der Waals surface area contributed by atoms with E-state index in [-0.39, 0.29) is 0 Å². The minimum absolute atomic E-state index is 0.511. The first-order chi connectivity index (χ1) is 12.0. The van der Waals surface area contributed by atoms with E-state index in [0.717, 1.165) is 16.7 Å². The van der Waals surface area contributed by atoms with Gasteiger partial charge in [-0.05, 0) is 29.2 Å². The van der Waals surface area contributed by atoms with Gasteiger partial charge in [-0.3, -0.25) is 9.59 Å². The standard InChI is InChI=1S/C21H18O4/c1-13-7-9-15(10-8-13)17-12-11-16(14-5-3-2-4-6-14)18(20(22)23)19(17)21(24)25/h2-12,18-19H,1H3,(H,22,23)(H,24,25). The molecule has 25 heavy (non-hydrogen) atoms. The molecule has 0 heterocycles. The lowest BCUT2D eigenvalue weighted by Crippen LogP contribution is -2.33. The molecule has 0 saturated carbocycles. The van der Waals surface area contributed by atoms with Crippen LogP contribution in [0.5, 0.6) is 0 Å². The molecule has 0 aliphatic heterocycles. The zero-order valence-corrected chi connectivity index (χ0v) is 13.7. The van der Waals surface area contributed by atoms with Crippen LogP contribution in [0.2, 0.25) is 0 Å². The van der Waals surface area contributed by atoms with Crippen molar-refractivity contribution in [2.75, 3.05) is 0 Å². The minimum atomic E-state index is -1.14. The summed E-state index contributed by atoms with van der Waals surface area (Å²) in [7, 11) is 0. The van der Waals surface area contributed by atoms with E-state index in [0.29, 0.717) is 11.1 Å². The van der Waals surface area contributed by atoms with E-state index in [1.165, 1.54) is 0 Å². The van der Waals surface area contributed by atoms with Gasteiger partial charge in [0.1, 0.15) is 0 Å². The number of rotatable bonds is 4. The van der Waals surface area contributed by atoms with Crippen molar-refractivity contribution in [3.05, 3.63) is 83.4 Å². The quantitative estimate of drug-likeness (QED) is 0.890. The number of aryl methyl sites for hydroxylation is 1. The SMILES string of the molecule is Cc1ccc(C2=CC=C(c3ccccc3)C(C(=O)O)C2C(=O)O)cc1. The molecule has 0 radical (unpaired) electrons. The van der Waals surface area contributed by atoms with Crippen LogP contribution in [0.3, 0.4) is 0 Å². The van der Waals surface area contributed by atoms with Crippen LogP contribution in [0.25, 0.3) is 11.1 Å². The Morgan fingerprint density at radius 3 is 1.60 bits per heavy atom. The first-order valence-electron chi connectivity index (χ1n) is 7.99. The van der Waals surface area contributed by atoms with Crippen LogP contribution in [-0.2, 0) is 9.59 Å². The Hall–Kier alpha value is -3.14. The maximum absolute atomic E-state index is 12.0. The fourth-order valence-electron chi connectivity index (χ4n) is 3.23. The van der Waals surface area contributed by atoms with Crippen molar-refractivity contribution in [2.24, 2.45) is 11.8 Å². The molecular weight excluding hydrogens is 316 g/mol. The van der Waals surface area contributed by atoms with Gasteiger partial charge < -0.3 is 10.2 Å². The summed E-state index contributed by atoms with van der Waals surface area (Å²) in [5.74, 6) is -4.55. The summed E-state index contributed by atoms with van der Waals surface area (Å²) >= 11 is 0. The number of hydrogen-bond donors (Lipinski definition) is 2. The molecule has 0 amide bonds. The first kappa shape index (κ1) is 16.7. The summed E-state index contributed by atoms with van der Waals surface area (Å²) < 4.78 is 0. The van der Waals surface area contributed by atoms with E-state index >= 15 is 0 Å².